The van der Waals surface area contributed by atoms with Gasteiger partial charge in [0, 0.05) is 12.6 Å². The molecule has 0 atom stereocenters. The van der Waals surface area contributed by atoms with Gasteiger partial charge in [0.05, 0.1) is 0 Å². The van der Waals surface area contributed by atoms with E-state index in [-0.39, 0.29) is 16.6 Å². The van der Waals surface area contributed by atoms with Crippen LogP contribution >= 0.6 is 0 Å². The molecule has 0 aromatic heterocycles. The maximum atomic E-state index is 12.1. The molecule has 0 radical (unpaired) electrons. The average Bonchev–Trinajstić information content (AvgIpc) is 2.47. The summed E-state index contributed by atoms with van der Waals surface area (Å²) in [7, 11) is -4.23. The number of alkyl halides is 3. The number of carbonyl (C=O) groups is 1. The van der Waals surface area contributed by atoms with Crippen molar-refractivity contribution in [1.82, 2.24) is 0 Å². The number of ether oxygens (including phenoxy) is 1. The zero-order chi connectivity index (χ0) is 18.7. The smallest absolute Gasteiger partial charge is 0.406 e. The van der Waals surface area contributed by atoms with Gasteiger partial charge in [-0.1, -0.05) is 0 Å². The number of rotatable bonds is 5. The predicted octanol–water partition coefficient (Wildman–Crippen LogP) is 3.31. The summed E-state index contributed by atoms with van der Waals surface area (Å²) in [4.78, 5) is 10.6. The van der Waals surface area contributed by atoms with Crippen LogP contribution in [0, 0.1) is 0 Å². The number of hydrogen-bond acceptors (Lipinski definition) is 5. The molecule has 2 aromatic rings. The van der Waals surface area contributed by atoms with Gasteiger partial charge in [-0.3, -0.25) is 4.79 Å². The van der Waals surface area contributed by atoms with Gasteiger partial charge in [0.2, 0.25) is 5.91 Å². The van der Waals surface area contributed by atoms with Gasteiger partial charge in [0.1, 0.15) is 16.4 Å². The molecule has 0 saturated heterocycles. The van der Waals surface area contributed by atoms with E-state index in [1.54, 1.807) is 0 Å². The minimum absolute atomic E-state index is 0.0234. The number of halogens is 3. The Morgan fingerprint density at radius 3 is 1.96 bits per heavy atom. The van der Waals surface area contributed by atoms with Gasteiger partial charge in [0.25, 0.3) is 0 Å². The van der Waals surface area contributed by atoms with Gasteiger partial charge >= 0.3 is 16.5 Å². The quantitative estimate of drug-likeness (QED) is 0.811. The number of hydrogen-bond donors (Lipinski definition) is 1. The van der Waals surface area contributed by atoms with Crippen molar-refractivity contribution in [2.75, 3.05) is 5.32 Å². The molecule has 0 aliphatic rings. The van der Waals surface area contributed by atoms with Crippen LogP contribution < -0.4 is 14.2 Å². The van der Waals surface area contributed by atoms with Gasteiger partial charge in [-0.15, -0.1) is 13.2 Å². The molecule has 0 aliphatic heterocycles. The Kier molecular flexibility index (Phi) is 5.21. The van der Waals surface area contributed by atoms with Crippen LogP contribution in [-0.2, 0) is 14.9 Å². The maximum Gasteiger partial charge on any atom is 0.573 e. The molecule has 1 N–H and O–H groups in total. The van der Waals surface area contributed by atoms with Gasteiger partial charge in [-0.25, -0.2) is 0 Å². The first-order valence-electron chi connectivity index (χ1n) is 6.73. The van der Waals surface area contributed by atoms with Crippen LogP contribution in [0.5, 0.6) is 11.5 Å². The predicted molar refractivity (Wildman–Crippen MR) is 81.7 cm³/mol. The molecule has 2 aromatic carbocycles. The first kappa shape index (κ1) is 18.6. The van der Waals surface area contributed by atoms with Crippen molar-refractivity contribution < 1.29 is 35.3 Å². The summed E-state index contributed by atoms with van der Waals surface area (Å²) in [6.45, 7) is 1.32. The normalized spacial score (nSPS) is 11.7. The van der Waals surface area contributed by atoms with Crippen LogP contribution in [0.3, 0.4) is 0 Å². The highest BCUT2D eigenvalue weighted by Crippen LogP contribution is 2.25. The van der Waals surface area contributed by atoms with Crippen molar-refractivity contribution in [2.45, 2.75) is 18.2 Å². The van der Waals surface area contributed by atoms with Crippen LogP contribution in [-0.4, -0.2) is 20.7 Å². The van der Waals surface area contributed by atoms with Crippen molar-refractivity contribution in [2.24, 2.45) is 0 Å². The minimum Gasteiger partial charge on any atom is -0.406 e. The van der Waals surface area contributed by atoms with Crippen LogP contribution in [0.15, 0.2) is 53.4 Å². The van der Waals surface area contributed by atoms with Crippen molar-refractivity contribution in [3.05, 3.63) is 48.5 Å². The standard InChI is InChI=1S/C15H12F3NO5S/c1-10(20)19-11-2-4-13(5-3-11)24-25(21,22)14-8-6-12(7-9-14)23-15(16,17)18/h2-9H,1H3,(H,19,20). The van der Waals surface area contributed by atoms with Gasteiger partial charge < -0.3 is 14.2 Å². The Balaban J connectivity index is 2.12. The minimum atomic E-state index is -4.87. The lowest BCUT2D eigenvalue weighted by atomic mass is 10.3. The molecule has 6 nitrogen and oxygen atoms in total. The Morgan fingerprint density at radius 2 is 1.48 bits per heavy atom. The summed E-state index contributed by atoms with van der Waals surface area (Å²) >= 11 is 0. The Bertz CT molecular complexity index is 846. The molecular formula is C15H12F3NO5S. The van der Waals surface area contributed by atoms with Crippen LogP contribution in [0.1, 0.15) is 6.92 Å². The Labute approximate surface area is 141 Å². The fraction of sp³-hybridized carbons (Fsp3) is 0.133. The lowest BCUT2D eigenvalue weighted by Gasteiger charge is -2.10. The summed E-state index contributed by atoms with van der Waals surface area (Å²) in [6, 6.07) is 9.12. The maximum absolute atomic E-state index is 12.1. The third-order valence-corrected chi connectivity index (χ3v) is 3.99. The Morgan fingerprint density at radius 1 is 0.960 bits per heavy atom. The van der Waals surface area contributed by atoms with Crippen molar-refractivity contribution in [3.63, 3.8) is 0 Å². The number of amides is 1. The van der Waals surface area contributed by atoms with Gasteiger partial charge in [0.15, 0.2) is 0 Å². The highest BCUT2D eigenvalue weighted by Gasteiger charge is 2.31. The molecular weight excluding hydrogens is 363 g/mol. The summed E-state index contributed by atoms with van der Waals surface area (Å²) in [5, 5.41) is 2.50. The second kappa shape index (κ2) is 7.01. The number of anilines is 1. The molecule has 10 heteroatoms. The number of benzene rings is 2. The highest BCUT2D eigenvalue weighted by molar-refractivity contribution is 7.87. The molecule has 134 valence electrons. The lowest BCUT2D eigenvalue weighted by molar-refractivity contribution is -0.274. The van der Waals surface area contributed by atoms with Crippen molar-refractivity contribution in [3.8, 4) is 11.5 Å². The molecule has 0 saturated carbocycles. The summed E-state index contributed by atoms with van der Waals surface area (Å²) in [5.41, 5.74) is 0.450. The van der Waals surface area contributed by atoms with Crippen LogP contribution in [0.2, 0.25) is 0 Å². The van der Waals surface area contributed by atoms with Crippen molar-refractivity contribution >= 4 is 21.7 Å². The van der Waals surface area contributed by atoms with E-state index in [0.717, 1.165) is 24.3 Å². The summed E-state index contributed by atoms with van der Waals surface area (Å²) < 4.78 is 69.0. The zero-order valence-electron chi connectivity index (χ0n) is 12.7. The third kappa shape index (κ3) is 5.68. The summed E-state index contributed by atoms with van der Waals surface area (Å²) in [5.74, 6) is -0.863. The van der Waals surface area contributed by atoms with Crippen LogP contribution in [0.25, 0.3) is 0 Å². The highest BCUT2D eigenvalue weighted by atomic mass is 32.2. The van der Waals surface area contributed by atoms with E-state index in [4.69, 9.17) is 4.18 Å². The fourth-order valence-corrected chi connectivity index (χ4v) is 2.71. The first-order chi connectivity index (χ1) is 11.5. The fourth-order valence-electron chi connectivity index (χ4n) is 1.78. The van der Waals surface area contributed by atoms with Gasteiger partial charge in [-0.2, -0.15) is 8.42 Å². The number of carbonyl (C=O) groups excluding carboxylic acids is 1. The molecule has 0 heterocycles. The van der Waals surface area contributed by atoms with E-state index in [0.29, 0.717) is 5.69 Å². The lowest BCUT2D eigenvalue weighted by Crippen LogP contribution is -2.17. The molecule has 2 rings (SSSR count). The van der Waals surface area contributed by atoms with E-state index in [2.05, 4.69) is 10.1 Å². The molecule has 0 unspecified atom stereocenters. The molecule has 1 amide bonds. The zero-order valence-corrected chi connectivity index (χ0v) is 13.5. The largest absolute Gasteiger partial charge is 0.573 e. The third-order valence-electron chi connectivity index (χ3n) is 2.73. The van der Waals surface area contributed by atoms with E-state index in [1.807, 2.05) is 0 Å². The molecule has 0 bridgehead atoms. The first-order valence-corrected chi connectivity index (χ1v) is 8.14. The average molecular weight is 375 g/mol. The number of nitrogens with one attached hydrogen (secondary N) is 1. The van der Waals surface area contributed by atoms with E-state index in [9.17, 15) is 26.4 Å². The second-order valence-corrected chi connectivity index (χ2v) is 6.31. The SMILES string of the molecule is CC(=O)Nc1ccc(OS(=O)(=O)c2ccc(OC(F)(F)F)cc2)cc1. The van der Waals surface area contributed by atoms with Gasteiger partial charge in [-0.05, 0) is 48.5 Å². The molecule has 25 heavy (non-hydrogen) atoms. The monoisotopic (exact) mass is 375 g/mol. The molecule has 0 aliphatic carbocycles. The van der Waals surface area contributed by atoms with E-state index < -0.39 is 22.2 Å². The van der Waals surface area contributed by atoms with E-state index >= 15 is 0 Å². The van der Waals surface area contributed by atoms with Crippen LogP contribution in [0.4, 0.5) is 18.9 Å². The molecule has 0 spiro atoms. The van der Waals surface area contributed by atoms with Crippen molar-refractivity contribution in [1.29, 1.82) is 0 Å². The molecule has 0 fully saturated rings. The summed E-state index contributed by atoms with van der Waals surface area (Å²) in [6.07, 6.45) is -4.87. The van der Waals surface area contributed by atoms with E-state index in [1.165, 1.54) is 31.2 Å². The second-order valence-electron chi connectivity index (χ2n) is 4.76. The topological polar surface area (TPSA) is 81.7 Å². The Hall–Kier alpha value is -2.75.